The molecule has 0 aromatic heterocycles. The van der Waals surface area contributed by atoms with Crippen LogP contribution in [-0.2, 0) is 4.79 Å². The third-order valence-electron chi connectivity index (χ3n) is 2.66. The maximum absolute atomic E-state index is 10.1. The van der Waals surface area contributed by atoms with Crippen molar-refractivity contribution < 1.29 is 9.90 Å². The third-order valence-corrected chi connectivity index (χ3v) is 2.66. The van der Waals surface area contributed by atoms with Crippen molar-refractivity contribution in [1.29, 1.82) is 0 Å². The minimum atomic E-state index is -0.990. The molecule has 3 heteroatoms. The number of nitrogens with zero attached hydrogens (tertiary/aromatic N) is 1. The van der Waals surface area contributed by atoms with Gasteiger partial charge in [0.15, 0.2) is 0 Å². The van der Waals surface area contributed by atoms with Crippen LogP contribution >= 0.6 is 0 Å². The Morgan fingerprint density at radius 3 is 1.94 bits per heavy atom. The van der Waals surface area contributed by atoms with E-state index in [1.54, 1.807) is 13.0 Å². The zero-order chi connectivity index (χ0) is 14.1. The highest BCUT2D eigenvalue weighted by Gasteiger charge is 2.00. The molecule has 0 spiro atoms. The summed E-state index contributed by atoms with van der Waals surface area (Å²) in [6, 6.07) is 6.38. The maximum Gasteiger partial charge on any atom is 0.354 e. The Labute approximate surface area is 109 Å². The summed E-state index contributed by atoms with van der Waals surface area (Å²) >= 11 is 0. The summed E-state index contributed by atoms with van der Waals surface area (Å²) in [4.78, 5) is 13.6. The van der Waals surface area contributed by atoms with E-state index in [2.05, 4.69) is 44.0 Å². The number of carboxylic acids is 1. The van der Waals surface area contributed by atoms with Crippen molar-refractivity contribution in [3.63, 3.8) is 0 Å². The van der Waals surface area contributed by atoms with Crippen molar-refractivity contribution >= 4 is 11.7 Å². The van der Waals surface area contributed by atoms with Gasteiger partial charge in [-0.3, -0.25) is 4.99 Å². The second kappa shape index (κ2) is 8.23. The first kappa shape index (κ1) is 16.1. The van der Waals surface area contributed by atoms with E-state index in [1.807, 2.05) is 0 Å². The lowest BCUT2D eigenvalue weighted by atomic mass is 10.1. The molecule has 0 bridgehead atoms. The van der Waals surface area contributed by atoms with Crippen LogP contribution in [0.4, 0.5) is 0 Å². The van der Waals surface area contributed by atoms with Crippen LogP contribution in [0.25, 0.3) is 0 Å². The van der Waals surface area contributed by atoms with Gasteiger partial charge in [0, 0.05) is 7.05 Å². The van der Waals surface area contributed by atoms with Gasteiger partial charge in [-0.1, -0.05) is 24.3 Å². The fourth-order valence-electron chi connectivity index (χ4n) is 1.30. The van der Waals surface area contributed by atoms with Crippen LogP contribution in [0.1, 0.15) is 23.6 Å². The van der Waals surface area contributed by atoms with E-state index in [1.165, 1.54) is 29.8 Å². The van der Waals surface area contributed by atoms with Crippen molar-refractivity contribution in [3.05, 3.63) is 47.0 Å². The van der Waals surface area contributed by atoms with Crippen molar-refractivity contribution in [2.24, 2.45) is 4.99 Å². The van der Waals surface area contributed by atoms with E-state index < -0.39 is 5.97 Å². The second-order valence-electron chi connectivity index (χ2n) is 3.93. The molecule has 1 N–H and O–H groups in total. The number of allylic oxidation sites excluding steroid dienone is 1. The van der Waals surface area contributed by atoms with Gasteiger partial charge < -0.3 is 5.11 Å². The van der Waals surface area contributed by atoms with Gasteiger partial charge in [-0.05, 0) is 50.5 Å². The minimum Gasteiger partial charge on any atom is -0.477 e. The Hall–Kier alpha value is -1.90. The predicted molar refractivity (Wildman–Crippen MR) is 76.5 cm³/mol. The van der Waals surface area contributed by atoms with Gasteiger partial charge in [0.25, 0.3) is 0 Å². The summed E-state index contributed by atoms with van der Waals surface area (Å²) in [5.74, 6) is -0.990. The molecule has 0 radical (unpaired) electrons. The minimum absolute atomic E-state index is 0.0810. The Kier molecular flexibility index (Phi) is 7.36. The van der Waals surface area contributed by atoms with Crippen molar-refractivity contribution in [3.8, 4) is 0 Å². The molecule has 0 saturated carbocycles. The van der Waals surface area contributed by atoms with Crippen LogP contribution < -0.4 is 0 Å². The molecule has 0 heterocycles. The molecule has 1 rings (SSSR count). The molecule has 0 saturated heterocycles. The molecular weight excluding hydrogens is 226 g/mol. The van der Waals surface area contributed by atoms with Crippen molar-refractivity contribution in [2.45, 2.75) is 27.7 Å². The molecule has 98 valence electrons. The van der Waals surface area contributed by atoms with Gasteiger partial charge in [0.1, 0.15) is 5.71 Å². The SMILES string of the molecule is C/C=C\C(=NC)C(=O)O.Cc1cccc(C)c1C. The zero-order valence-corrected chi connectivity index (χ0v) is 11.7. The van der Waals surface area contributed by atoms with Gasteiger partial charge in [-0.2, -0.15) is 0 Å². The molecule has 0 unspecified atom stereocenters. The lowest BCUT2D eigenvalue weighted by Gasteiger charge is -2.00. The molecule has 0 fully saturated rings. The van der Waals surface area contributed by atoms with Crippen molar-refractivity contribution in [1.82, 2.24) is 0 Å². The van der Waals surface area contributed by atoms with Crippen LogP contribution in [0, 0.1) is 20.8 Å². The summed E-state index contributed by atoms with van der Waals surface area (Å²) in [6.45, 7) is 8.18. The summed E-state index contributed by atoms with van der Waals surface area (Å²) in [5, 5.41) is 8.32. The molecule has 3 nitrogen and oxygen atoms in total. The standard InChI is InChI=1S/C9H12.C6H9NO2/c1-7-5-4-6-8(2)9(7)3;1-3-4-5(7-2)6(8)9/h4-6H,1-3H3;3-4H,1-2H3,(H,8,9)/b;4-3-,7-5?. The molecule has 0 amide bonds. The van der Waals surface area contributed by atoms with Crippen LogP contribution in [0.15, 0.2) is 35.3 Å². The fourth-order valence-corrected chi connectivity index (χ4v) is 1.30. The van der Waals surface area contributed by atoms with Gasteiger partial charge >= 0.3 is 5.97 Å². The van der Waals surface area contributed by atoms with E-state index in [9.17, 15) is 4.79 Å². The highest BCUT2D eigenvalue weighted by atomic mass is 16.4. The van der Waals surface area contributed by atoms with E-state index >= 15 is 0 Å². The van der Waals surface area contributed by atoms with E-state index in [0.29, 0.717) is 0 Å². The summed E-state index contributed by atoms with van der Waals surface area (Å²) in [6.07, 6.45) is 3.08. The number of benzene rings is 1. The number of carboxylic acid groups (broad SMARTS) is 1. The zero-order valence-electron chi connectivity index (χ0n) is 11.7. The van der Waals surface area contributed by atoms with Gasteiger partial charge in [-0.25, -0.2) is 4.79 Å². The number of aliphatic imine (C=N–C) groups is 1. The second-order valence-corrected chi connectivity index (χ2v) is 3.93. The number of hydrogen-bond donors (Lipinski definition) is 1. The smallest absolute Gasteiger partial charge is 0.354 e. The van der Waals surface area contributed by atoms with Crippen LogP contribution in [0.5, 0.6) is 0 Å². The number of aryl methyl sites for hydroxylation is 2. The molecule has 0 aliphatic carbocycles. The highest BCUT2D eigenvalue weighted by Crippen LogP contribution is 2.09. The molecule has 18 heavy (non-hydrogen) atoms. The lowest BCUT2D eigenvalue weighted by molar-refractivity contribution is -0.129. The Morgan fingerprint density at radius 2 is 1.72 bits per heavy atom. The van der Waals surface area contributed by atoms with Crippen LogP contribution in [-0.4, -0.2) is 23.8 Å². The Morgan fingerprint density at radius 1 is 1.22 bits per heavy atom. The van der Waals surface area contributed by atoms with E-state index in [4.69, 9.17) is 5.11 Å². The first-order valence-corrected chi connectivity index (χ1v) is 5.79. The quantitative estimate of drug-likeness (QED) is 0.815. The molecule has 0 aliphatic rings. The third kappa shape index (κ3) is 5.43. The largest absolute Gasteiger partial charge is 0.477 e. The van der Waals surface area contributed by atoms with Gasteiger partial charge in [0.05, 0.1) is 0 Å². The fraction of sp³-hybridized carbons (Fsp3) is 0.333. The number of rotatable bonds is 2. The molecule has 0 aliphatic heterocycles. The summed E-state index contributed by atoms with van der Waals surface area (Å²) < 4.78 is 0. The summed E-state index contributed by atoms with van der Waals surface area (Å²) in [5.41, 5.74) is 4.26. The number of hydrogen-bond acceptors (Lipinski definition) is 2. The van der Waals surface area contributed by atoms with E-state index in [0.717, 1.165) is 0 Å². The molecular formula is C15H21NO2. The predicted octanol–water partition coefficient (Wildman–Crippen LogP) is 3.33. The average molecular weight is 247 g/mol. The monoisotopic (exact) mass is 247 g/mol. The van der Waals surface area contributed by atoms with Crippen LogP contribution in [0.2, 0.25) is 0 Å². The van der Waals surface area contributed by atoms with Crippen molar-refractivity contribution in [2.75, 3.05) is 7.05 Å². The lowest BCUT2D eigenvalue weighted by Crippen LogP contribution is -2.08. The first-order chi connectivity index (χ1) is 8.43. The average Bonchev–Trinajstić information content (AvgIpc) is 2.33. The molecule has 1 aromatic carbocycles. The first-order valence-electron chi connectivity index (χ1n) is 5.79. The maximum atomic E-state index is 10.1. The number of carbonyl (C=O) groups is 1. The normalized spacial score (nSPS) is 11.1. The summed E-state index contributed by atoms with van der Waals surface area (Å²) in [7, 11) is 1.45. The molecule has 1 aromatic rings. The van der Waals surface area contributed by atoms with E-state index in [-0.39, 0.29) is 5.71 Å². The number of aliphatic carboxylic acids is 1. The Bertz CT molecular complexity index is 439. The molecule has 0 atom stereocenters. The van der Waals surface area contributed by atoms with Gasteiger partial charge in [-0.15, -0.1) is 0 Å². The topological polar surface area (TPSA) is 49.7 Å². The highest BCUT2D eigenvalue weighted by molar-refractivity contribution is 6.40. The van der Waals surface area contributed by atoms with Gasteiger partial charge in [0.2, 0.25) is 0 Å². The van der Waals surface area contributed by atoms with Crippen LogP contribution in [0.3, 0.4) is 0 Å². The Balaban J connectivity index is 0.000000321.